The average Bonchev–Trinajstić information content (AvgIpc) is 3.18. The summed E-state index contributed by atoms with van der Waals surface area (Å²) in [5, 5.41) is 0.763. The van der Waals surface area contributed by atoms with E-state index in [-0.39, 0.29) is 5.91 Å². The quantitative estimate of drug-likeness (QED) is 0.474. The summed E-state index contributed by atoms with van der Waals surface area (Å²) in [5.41, 5.74) is 1.83. The van der Waals surface area contributed by atoms with E-state index in [4.69, 9.17) is 0 Å². The van der Waals surface area contributed by atoms with E-state index in [1.54, 1.807) is 6.07 Å². The van der Waals surface area contributed by atoms with Crippen LogP contribution in [0.15, 0.2) is 23.1 Å². The molecule has 156 valence electrons. The van der Waals surface area contributed by atoms with Crippen molar-refractivity contribution in [3.63, 3.8) is 0 Å². The lowest BCUT2D eigenvalue weighted by atomic mass is 10.1. The number of nitrogens with zero attached hydrogens (tertiary/aromatic N) is 2. The molecule has 1 aromatic rings. The molecule has 0 aliphatic carbocycles. The third-order valence-corrected chi connectivity index (χ3v) is 10.5. The second kappa shape index (κ2) is 9.87. The van der Waals surface area contributed by atoms with Gasteiger partial charge in [-0.1, -0.05) is 45.7 Å². The van der Waals surface area contributed by atoms with Crippen LogP contribution in [0.5, 0.6) is 0 Å². The first-order valence-electron chi connectivity index (χ1n) is 10.0. The van der Waals surface area contributed by atoms with E-state index < -0.39 is 10.0 Å². The van der Waals surface area contributed by atoms with E-state index in [0.29, 0.717) is 37.5 Å². The van der Waals surface area contributed by atoms with E-state index >= 15 is 0 Å². The van der Waals surface area contributed by atoms with Gasteiger partial charge in [0.15, 0.2) is 0 Å². The molecule has 1 amide bonds. The first-order chi connectivity index (χ1) is 13.4. The molecule has 1 aromatic carbocycles. The third-order valence-electron chi connectivity index (χ3n) is 5.43. The molecule has 3 rings (SSSR count). The number of carbonyl (C=O) groups is 1. The van der Waals surface area contributed by atoms with Gasteiger partial charge in [0.25, 0.3) is 0 Å². The van der Waals surface area contributed by atoms with Gasteiger partial charge < -0.3 is 4.90 Å². The summed E-state index contributed by atoms with van der Waals surface area (Å²) >= 11 is 0. The molecule has 2 heterocycles. The number of benzene rings is 1. The molecule has 0 N–H and O–H groups in total. The lowest BCUT2D eigenvalue weighted by Crippen LogP contribution is -2.50. The molecule has 2 saturated heterocycles. The summed E-state index contributed by atoms with van der Waals surface area (Å²) in [5.74, 6) is 1.42. The van der Waals surface area contributed by atoms with Crippen LogP contribution in [-0.4, -0.2) is 60.7 Å². The summed E-state index contributed by atoms with van der Waals surface area (Å²) in [6.45, 7) is 5.51. The highest BCUT2D eigenvalue weighted by Crippen LogP contribution is 2.39. The van der Waals surface area contributed by atoms with Gasteiger partial charge in [0.1, 0.15) is 0 Å². The molecular formula is C20H30N2O3S3. The van der Waals surface area contributed by atoms with E-state index in [9.17, 15) is 13.2 Å². The normalized spacial score (nSPS) is 21.2. The van der Waals surface area contributed by atoms with Crippen molar-refractivity contribution in [2.45, 2.75) is 56.1 Å². The zero-order chi connectivity index (χ0) is 20.1. The predicted octanol–water partition coefficient (Wildman–Crippen LogP) is 3.85. The molecule has 0 spiro atoms. The van der Waals surface area contributed by atoms with Gasteiger partial charge in [-0.2, -0.15) is 4.31 Å². The number of rotatable bonds is 7. The maximum Gasteiger partial charge on any atom is 0.243 e. The minimum Gasteiger partial charge on any atom is -0.340 e. The second-order valence-corrected chi connectivity index (χ2v) is 12.3. The Balaban J connectivity index is 1.46. The fourth-order valence-corrected chi connectivity index (χ4v) is 8.43. The summed E-state index contributed by atoms with van der Waals surface area (Å²) in [6, 6.07) is 5.43. The molecule has 0 aromatic heterocycles. The minimum atomic E-state index is -3.50. The zero-order valence-corrected chi connectivity index (χ0v) is 19.2. The zero-order valence-electron chi connectivity index (χ0n) is 16.7. The van der Waals surface area contributed by atoms with Crippen molar-refractivity contribution in [1.29, 1.82) is 0 Å². The van der Waals surface area contributed by atoms with Crippen LogP contribution in [-0.2, 0) is 14.8 Å². The summed E-state index contributed by atoms with van der Waals surface area (Å²) < 4.78 is 27.4. The summed E-state index contributed by atoms with van der Waals surface area (Å²) in [6.07, 6.45) is 5.11. The number of aryl methyl sites for hydroxylation is 2. The van der Waals surface area contributed by atoms with Crippen molar-refractivity contribution in [3.05, 3.63) is 29.3 Å². The third kappa shape index (κ3) is 5.46. The van der Waals surface area contributed by atoms with E-state index in [1.165, 1.54) is 22.9 Å². The molecule has 2 aliphatic heterocycles. The lowest BCUT2D eigenvalue weighted by Gasteiger charge is -2.34. The van der Waals surface area contributed by atoms with Crippen LogP contribution in [0.3, 0.4) is 0 Å². The van der Waals surface area contributed by atoms with Gasteiger partial charge in [-0.3, -0.25) is 4.79 Å². The Labute approximate surface area is 177 Å². The number of hydrogen-bond donors (Lipinski definition) is 0. The maximum atomic E-state index is 13.0. The smallest absolute Gasteiger partial charge is 0.243 e. The fourth-order valence-electron chi connectivity index (χ4n) is 3.78. The second-order valence-electron chi connectivity index (χ2n) is 7.63. The van der Waals surface area contributed by atoms with Crippen molar-refractivity contribution >= 4 is 37.5 Å². The Morgan fingerprint density at radius 1 is 1.14 bits per heavy atom. The fraction of sp³-hybridized carbons (Fsp3) is 0.650. The maximum absolute atomic E-state index is 13.0. The predicted molar refractivity (Wildman–Crippen MR) is 118 cm³/mol. The van der Waals surface area contributed by atoms with Crippen LogP contribution in [0.1, 0.15) is 43.2 Å². The topological polar surface area (TPSA) is 57.7 Å². The molecule has 0 bridgehead atoms. The van der Waals surface area contributed by atoms with Gasteiger partial charge in [0.05, 0.1) is 4.90 Å². The van der Waals surface area contributed by atoms with Crippen molar-refractivity contribution in [2.75, 3.05) is 31.9 Å². The van der Waals surface area contributed by atoms with Gasteiger partial charge in [0.2, 0.25) is 15.9 Å². The van der Waals surface area contributed by atoms with Crippen LogP contribution in [0.2, 0.25) is 0 Å². The van der Waals surface area contributed by atoms with Crippen LogP contribution in [0.4, 0.5) is 0 Å². The van der Waals surface area contributed by atoms with Gasteiger partial charge >= 0.3 is 0 Å². The minimum absolute atomic E-state index is 0.164. The Kier molecular flexibility index (Phi) is 7.75. The highest BCUT2D eigenvalue weighted by molar-refractivity contribution is 8.77. The largest absolute Gasteiger partial charge is 0.340 e. The molecule has 0 saturated carbocycles. The first-order valence-corrected chi connectivity index (χ1v) is 13.8. The van der Waals surface area contributed by atoms with Crippen molar-refractivity contribution in [3.8, 4) is 0 Å². The van der Waals surface area contributed by atoms with Crippen LogP contribution < -0.4 is 0 Å². The number of amides is 1. The van der Waals surface area contributed by atoms with Crippen molar-refractivity contribution in [2.24, 2.45) is 0 Å². The molecule has 1 unspecified atom stereocenters. The number of hydrogen-bond acceptors (Lipinski definition) is 5. The Bertz CT molecular complexity index is 784. The number of unbranched alkanes of at least 4 members (excludes halogenated alkanes) is 1. The van der Waals surface area contributed by atoms with Crippen molar-refractivity contribution in [1.82, 2.24) is 9.21 Å². The standard InChI is InChI=1S/C20H30N2O3S3/c1-16-7-8-19(17(2)15-16)28(24,25)22-12-10-21(11-13-22)20(23)6-4-3-5-18-9-14-26-27-18/h7-8,15,18H,3-6,9-14H2,1-2H3. The lowest BCUT2D eigenvalue weighted by molar-refractivity contribution is -0.132. The van der Waals surface area contributed by atoms with Gasteiger partial charge in [-0.25, -0.2) is 8.42 Å². The summed E-state index contributed by atoms with van der Waals surface area (Å²) in [4.78, 5) is 14.7. The molecular weight excluding hydrogens is 412 g/mol. The number of piperazine rings is 1. The molecule has 0 radical (unpaired) electrons. The van der Waals surface area contributed by atoms with E-state index in [1.807, 2.05) is 52.5 Å². The number of sulfonamides is 1. The van der Waals surface area contributed by atoms with Gasteiger partial charge in [0, 0.05) is 43.6 Å². The van der Waals surface area contributed by atoms with E-state index in [2.05, 4.69) is 0 Å². The molecule has 1 atom stereocenters. The molecule has 2 fully saturated rings. The van der Waals surface area contributed by atoms with Crippen LogP contribution in [0.25, 0.3) is 0 Å². The Hall–Kier alpha value is -0.700. The highest BCUT2D eigenvalue weighted by Gasteiger charge is 2.30. The van der Waals surface area contributed by atoms with Crippen LogP contribution >= 0.6 is 21.6 Å². The summed E-state index contributed by atoms with van der Waals surface area (Å²) in [7, 11) is 0.452. The van der Waals surface area contributed by atoms with E-state index in [0.717, 1.165) is 29.2 Å². The van der Waals surface area contributed by atoms with Crippen molar-refractivity contribution < 1.29 is 13.2 Å². The van der Waals surface area contributed by atoms with Gasteiger partial charge in [-0.15, -0.1) is 0 Å². The molecule has 8 heteroatoms. The molecule has 2 aliphatic rings. The molecule has 5 nitrogen and oxygen atoms in total. The Morgan fingerprint density at radius 3 is 2.54 bits per heavy atom. The number of carbonyl (C=O) groups excluding carboxylic acids is 1. The molecule has 28 heavy (non-hydrogen) atoms. The SMILES string of the molecule is Cc1ccc(S(=O)(=O)N2CCN(C(=O)CCCCC3CCSS3)CC2)c(C)c1. The van der Waals surface area contributed by atoms with Crippen LogP contribution in [0, 0.1) is 13.8 Å². The Morgan fingerprint density at radius 2 is 1.89 bits per heavy atom. The highest BCUT2D eigenvalue weighted by atomic mass is 33.1. The van der Waals surface area contributed by atoms with Gasteiger partial charge in [-0.05, 0) is 44.7 Å². The monoisotopic (exact) mass is 442 g/mol. The average molecular weight is 443 g/mol. The first kappa shape index (κ1) is 22.0.